The van der Waals surface area contributed by atoms with Gasteiger partial charge in [0, 0.05) is 26.4 Å². The monoisotopic (exact) mass is 348 g/mol. The fourth-order valence-corrected chi connectivity index (χ4v) is 3.19. The molecule has 1 N–H and O–H groups in total. The van der Waals surface area contributed by atoms with Gasteiger partial charge >= 0.3 is 6.03 Å². The van der Waals surface area contributed by atoms with Crippen LogP contribution in [0.15, 0.2) is 11.1 Å². The lowest BCUT2D eigenvalue weighted by Gasteiger charge is -2.36. The number of nitrogens with zero attached hydrogens (tertiary/aromatic N) is 5. The molecule has 1 aromatic heterocycles. The maximum absolute atomic E-state index is 12.5. The summed E-state index contributed by atoms with van der Waals surface area (Å²) in [6.07, 6.45) is 1.05. The Bertz CT molecular complexity index is 713. The van der Waals surface area contributed by atoms with E-state index in [0.29, 0.717) is 19.1 Å². The summed E-state index contributed by atoms with van der Waals surface area (Å²) in [5.74, 6) is 0.240. The molecule has 0 radical (unpaired) electrons. The Kier molecular flexibility index (Phi) is 4.76. The van der Waals surface area contributed by atoms with Crippen LogP contribution in [0.2, 0.25) is 0 Å². The van der Waals surface area contributed by atoms with Gasteiger partial charge in [-0.05, 0) is 18.9 Å². The lowest BCUT2D eigenvalue weighted by Crippen LogP contribution is -2.64. The van der Waals surface area contributed by atoms with Crippen LogP contribution in [0.1, 0.15) is 25.2 Å². The van der Waals surface area contributed by atoms with E-state index in [2.05, 4.69) is 22.3 Å². The van der Waals surface area contributed by atoms with Crippen molar-refractivity contribution in [1.29, 1.82) is 0 Å². The van der Waals surface area contributed by atoms with E-state index in [4.69, 9.17) is 4.74 Å². The highest BCUT2D eigenvalue weighted by atomic mass is 16.5. The highest BCUT2D eigenvalue weighted by Gasteiger charge is 2.49. The van der Waals surface area contributed by atoms with Gasteiger partial charge in [0.25, 0.3) is 5.91 Å². The third kappa shape index (κ3) is 2.88. The van der Waals surface area contributed by atoms with Crippen molar-refractivity contribution in [3.05, 3.63) is 17.5 Å². The van der Waals surface area contributed by atoms with Gasteiger partial charge in [0.15, 0.2) is 12.2 Å². The van der Waals surface area contributed by atoms with Gasteiger partial charge in [-0.3, -0.25) is 10.1 Å². The predicted molar refractivity (Wildman–Crippen MR) is 91.3 cm³/mol. The molecule has 1 fully saturated rings. The summed E-state index contributed by atoms with van der Waals surface area (Å²) in [4.78, 5) is 32.4. The maximum Gasteiger partial charge on any atom is 0.325 e. The zero-order chi connectivity index (χ0) is 18.1. The Morgan fingerprint density at radius 3 is 2.68 bits per heavy atom. The fraction of sp³-hybridized carbons (Fsp3) is 0.625. The van der Waals surface area contributed by atoms with E-state index in [1.165, 1.54) is 4.90 Å². The molecule has 0 aliphatic carbocycles. The first-order valence-corrected chi connectivity index (χ1v) is 8.51. The average Bonchev–Trinajstić information content (AvgIpc) is 3.18. The van der Waals surface area contributed by atoms with Gasteiger partial charge in [0.2, 0.25) is 5.96 Å². The summed E-state index contributed by atoms with van der Waals surface area (Å²) in [7, 11) is 3.25. The van der Waals surface area contributed by atoms with E-state index in [-0.39, 0.29) is 5.91 Å². The molecule has 2 aliphatic rings. The molecule has 136 valence electrons. The van der Waals surface area contributed by atoms with Crippen LogP contribution in [0.4, 0.5) is 4.79 Å². The van der Waals surface area contributed by atoms with Gasteiger partial charge in [-0.1, -0.05) is 13.8 Å². The summed E-state index contributed by atoms with van der Waals surface area (Å²) in [6.45, 7) is 5.02. The molecule has 25 heavy (non-hydrogen) atoms. The number of nitrogens with one attached hydrogen (secondary N) is 1. The van der Waals surface area contributed by atoms with Crippen molar-refractivity contribution in [3.63, 3.8) is 0 Å². The number of carbonyl (C=O) groups is 2. The Hall–Kier alpha value is -2.42. The van der Waals surface area contributed by atoms with Crippen molar-refractivity contribution >= 4 is 17.9 Å². The molecule has 2 atom stereocenters. The van der Waals surface area contributed by atoms with Gasteiger partial charge in [0.1, 0.15) is 0 Å². The maximum atomic E-state index is 12.5. The van der Waals surface area contributed by atoms with E-state index in [1.807, 2.05) is 17.9 Å². The Balaban J connectivity index is 2.04. The number of amides is 3. The smallest absolute Gasteiger partial charge is 0.325 e. The number of fused-ring (bicyclic) bond motifs is 1. The fourth-order valence-electron chi connectivity index (χ4n) is 3.19. The number of aliphatic imine (C=N–C) groups is 1. The van der Waals surface area contributed by atoms with E-state index in [0.717, 1.165) is 24.2 Å². The van der Waals surface area contributed by atoms with E-state index in [1.54, 1.807) is 18.8 Å². The van der Waals surface area contributed by atoms with Crippen molar-refractivity contribution in [3.8, 4) is 0 Å². The van der Waals surface area contributed by atoms with E-state index >= 15 is 0 Å². The van der Waals surface area contributed by atoms with Gasteiger partial charge in [-0.25, -0.2) is 14.5 Å². The van der Waals surface area contributed by atoms with Crippen molar-refractivity contribution in [2.75, 3.05) is 27.3 Å². The van der Waals surface area contributed by atoms with Crippen LogP contribution in [0.5, 0.6) is 0 Å². The Morgan fingerprint density at radius 1 is 1.28 bits per heavy atom. The topological polar surface area (TPSA) is 92.1 Å². The zero-order valence-corrected chi connectivity index (χ0v) is 15.0. The highest BCUT2D eigenvalue weighted by Crippen LogP contribution is 2.25. The van der Waals surface area contributed by atoms with Crippen LogP contribution in [-0.2, 0) is 22.4 Å². The summed E-state index contributed by atoms with van der Waals surface area (Å²) < 4.78 is 6.99. The number of hydrogen-bond acceptors (Lipinski definition) is 6. The largest absolute Gasteiger partial charge is 0.383 e. The minimum absolute atomic E-state index is 0.344. The lowest BCUT2D eigenvalue weighted by atomic mass is 10.1. The molecule has 2 aliphatic heterocycles. The number of carbonyl (C=O) groups excluding carboxylic acids is 2. The van der Waals surface area contributed by atoms with Crippen molar-refractivity contribution in [2.45, 2.75) is 38.9 Å². The molecule has 3 amide bonds. The second-order valence-corrected chi connectivity index (χ2v) is 6.12. The van der Waals surface area contributed by atoms with Crippen LogP contribution in [-0.4, -0.2) is 77.0 Å². The minimum Gasteiger partial charge on any atom is -0.383 e. The van der Waals surface area contributed by atoms with Gasteiger partial charge in [-0.15, -0.1) is 0 Å². The summed E-state index contributed by atoms with van der Waals surface area (Å²) in [5.41, 5.74) is 1.99. The minimum atomic E-state index is -0.577. The third-order valence-electron chi connectivity index (χ3n) is 4.62. The van der Waals surface area contributed by atoms with Crippen molar-refractivity contribution < 1.29 is 14.3 Å². The molecule has 2 unspecified atom stereocenters. The van der Waals surface area contributed by atoms with Crippen LogP contribution in [0, 0.1) is 0 Å². The molecule has 9 heteroatoms. The van der Waals surface area contributed by atoms with Crippen molar-refractivity contribution in [1.82, 2.24) is 24.9 Å². The normalized spacial score (nSPS) is 23.0. The lowest BCUT2D eigenvalue weighted by molar-refractivity contribution is -0.127. The van der Waals surface area contributed by atoms with Gasteiger partial charge < -0.3 is 14.5 Å². The number of aromatic nitrogens is 2. The number of rotatable bonds is 5. The Morgan fingerprint density at radius 2 is 2.04 bits per heavy atom. The SMILES string of the molecule is CCc1cc(CC)n(C2=NC3C(C(=O)NC(=O)N3C)N2CCOC)n1. The number of urea groups is 1. The molecule has 1 saturated heterocycles. The second-order valence-electron chi connectivity index (χ2n) is 6.12. The van der Waals surface area contributed by atoms with Crippen LogP contribution in [0.3, 0.4) is 0 Å². The number of methoxy groups -OCH3 is 1. The first kappa shape index (κ1) is 17.4. The number of hydrogen-bond donors (Lipinski definition) is 1. The third-order valence-corrected chi connectivity index (χ3v) is 4.62. The molecule has 0 saturated carbocycles. The van der Waals surface area contributed by atoms with Crippen LogP contribution in [0.25, 0.3) is 0 Å². The number of ether oxygens (including phenoxy) is 1. The molecule has 0 spiro atoms. The first-order valence-electron chi connectivity index (χ1n) is 8.51. The Labute approximate surface area is 146 Å². The molecule has 9 nitrogen and oxygen atoms in total. The van der Waals surface area contributed by atoms with Gasteiger partial charge in [-0.2, -0.15) is 5.10 Å². The predicted octanol–water partition coefficient (Wildman–Crippen LogP) is 0.0503. The first-order chi connectivity index (χ1) is 12.0. The molecule has 0 bridgehead atoms. The summed E-state index contributed by atoms with van der Waals surface area (Å²) in [6, 6.07) is 1.04. The molecule has 0 aromatic carbocycles. The average molecular weight is 348 g/mol. The molecule has 1 aromatic rings. The van der Waals surface area contributed by atoms with Gasteiger partial charge in [0.05, 0.1) is 12.3 Å². The number of likely N-dealkylation sites (N-methyl/N-ethyl adjacent to an activating group) is 1. The molecule has 3 rings (SSSR count). The van der Waals surface area contributed by atoms with Crippen LogP contribution < -0.4 is 5.32 Å². The molecule has 3 heterocycles. The highest BCUT2D eigenvalue weighted by molar-refractivity contribution is 6.04. The van der Waals surface area contributed by atoms with Crippen LogP contribution >= 0.6 is 0 Å². The summed E-state index contributed by atoms with van der Waals surface area (Å²) >= 11 is 0. The quantitative estimate of drug-likeness (QED) is 0.812. The number of imide groups is 1. The summed E-state index contributed by atoms with van der Waals surface area (Å²) in [5, 5.41) is 7.02. The number of aryl methyl sites for hydroxylation is 2. The molecular weight excluding hydrogens is 324 g/mol. The standard InChI is InChI=1S/C16H24N6O3/c1-5-10-9-11(6-2)22(19-10)15-17-13-12(21(15)7-8-25-4)14(23)18-16(24)20(13)3/h9,12-13H,5-8H2,1-4H3,(H,18,23,24). The second kappa shape index (κ2) is 6.83. The zero-order valence-electron chi connectivity index (χ0n) is 15.0. The van der Waals surface area contributed by atoms with E-state index < -0.39 is 18.2 Å². The molecular formula is C16H24N6O3. The van der Waals surface area contributed by atoms with Crippen molar-refractivity contribution in [2.24, 2.45) is 4.99 Å². The van der Waals surface area contributed by atoms with E-state index in [9.17, 15) is 9.59 Å².